The monoisotopic (exact) mass is 308 g/mol. The van der Waals surface area contributed by atoms with E-state index in [1.165, 1.54) is 7.11 Å². The molecule has 0 aromatic heterocycles. The summed E-state index contributed by atoms with van der Waals surface area (Å²) in [5.74, 6) is -3.74. The molecule has 0 aliphatic rings. The number of carbonyl (C=O) groups excluding carboxylic acids is 1. The molecule has 0 rings (SSSR count). The van der Waals surface area contributed by atoms with Crippen molar-refractivity contribution in [1.82, 2.24) is 0 Å². The molecule has 0 bridgehead atoms. The Bertz CT molecular complexity index is 371. The first kappa shape index (κ1) is 21.1. The lowest BCUT2D eigenvalue weighted by atomic mass is 10.2. The molecule has 0 aromatic rings. The van der Waals surface area contributed by atoms with Crippen molar-refractivity contribution in [2.24, 2.45) is 11.5 Å². The van der Waals surface area contributed by atoms with Gasteiger partial charge in [-0.05, 0) is 12.8 Å². The third-order valence-electron chi connectivity index (χ3n) is 2.19. The van der Waals surface area contributed by atoms with E-state index in [1.54, 1.807) is 0 Å². The molecular formula is C11H20N2O8. The zero-order valence-electron chi connectivity index (χ0n) is 11.5. The molecule has 10 heteroatoms. The second kappa shape index (κ2) is 11.6. The van der Waals surface area contributed by atoms with Crippen LogP contribution in [-0.2, 0) is 23.9 Å². The molecule has 0 heterocycles. The van der Waals surface area contributed by atoms with Gasteiger partial charge in [0.1, 0.15) is 12.1 Å². The summed E-state index contributed by atoms with van der Waals surface area (Å²) in [6, 6.07) is -2.04. The van der Waals surface area contributed by atoms with Crippen LogP contribution in [0.2, 0.25) is 0 Å². The number of carboxylic acids is 3. The van der Waals surface area contributed by atoms with Crippen molar-refractivity contribution < 1.29 is 39.2 Å². The number of rotatable bonds is 8. The molecule has 0 saturated heterocycles. The van der Waals surface area contributed by atoms with Crippen molar-refractivity contribution in [2.75, 3.05) is 7.11 Å². The third-order valence-corrected chi connectivity index (χ3v) is 2.19. The van der Waals surface area contributed by atoms with E-state index in [4.69, 9.17) is 26.8 Å². The van der Waals surface area contributed by atoms with Crippen LogP contribution in [0.25, 0.3) is 0 Å². The maximum Gasteiger partial charge on any atom is 0.320 e. The average molecular weight is 308 g/mol. The Morgan fingerprint density at radius 3 is 1.57 bits per heavy atom. The van der Waals surface area contributed by atoms with E-state index >= 15 is 0 Å². The zero-order chi connectivity index (χ0) is 17.0. The van der Waals surface area contributed by atoms with Gasteiger partial charge in [-0.1, -0.05) is 0 Å². The number of hydrogen-bond donors (Lipinski definition) is 5. The number of hydrogen-bond acceptors (Lipinski definition) is 7. The van der Waals surface area contributed by atoms with E-state index < -0.39 is 36.0 Å². The molecule has 122 valence electrons. The highest BCUT2D eigenvalue weighted by Gasteiger charge is 2.13. The first-order valence-electron chi connectivity index (χ1n) is 5.87. The first-order valence-corrected chi connectivity index (χ1v) is 5.87. The predicted molar refractivity (Wildman–Crippen MR) is 69.3 cm³/mol. The van der Waals surface area contributed by atoms with Gasteiger partial charge in [-0.2, -0.15) is 0 Å². The Balaban J connectivity index is 0. The van der Waals surface area contributed by atoms with Gasteiger partial charge in [0.2, 0.25) is 0 Å². The molecule has 21 heavy (non-hydrogen) atoms. The molecule has 0 aliphatic carbocycles. The number of aliphatic carboxylic acids is 3. The average Bonchev–Trinajstić information content (AvgIpc) is 2.41. The molecule has 0 aromatic carbocycles. The second-order valence-corrected chi connectivity index (χ2v) is 3.94. The summed E-state index contributed by atoms with van der Waals surface area (Å²) < 4.78 is 4.29. The van der Waals surface area contributed by atoms with Crippen molar-refractivity contribution in [3.63, 3.8) is 0 Å². The fraction of sp³-hybridized carbons (Fsp3) is 0.636. The second-order valence-electron chi connectivity index (χ2n) is 3.94. The molecule has 0 spiro atoms. The molecule has 0 amide bonds. The Morgan fingerprint density at radius 1 is 0.905 bits per heavy atom. The van der Waals surface area contributed by atoms with Crippen LogP contribution in [0, 0.1) is 0 Å². The van der Waals surface area contributed by atoms with Gasteiger partial charge < -0.3 is 31.5 Å². The maximum atomic E-state index is 10.5. The van der Waals surface area contributed by atoms with Crippen molar-refractivity contribution >= 4 is 23.9 Å². The Kier molecular flexibility index (Phi) is 11.7. The van der Waals surface area contributed by atoms with Gasteiger partial charge in [-0.15, -0.1) is 0 Å². The molecular weight excluding hydrogens is 288 g/mol. The molecule has 0 saturated carbocycles. The van der Waals surface area contributed by atoms with Crippen LogP contribution >= 0.6 is 0 Å². The Hall–Kier alpha value is -2.20. The minimum atomic E-state index is -1.17. The van der Waals surface area contributed by atoms with Crippen LogP contribution < -0.4 is 11.5 Å². The minimum absolute atomic E-state index is 0.0231. The van der Waals surface area contributed by atoms with Gasteiger partial charge in [0.05, 0.1) is 7.11 Å². The van der Waals surface area contributed by atoms with Gasteiger partial charge in [0, 0.05) is 12.8 Å². The normalized spacial score (nSPS) is 12.3. The number of carbonyl (C=O) groups is 4. The summed E-state index contributed by atoms with van der Waals surface area (Å²) in [5.41, 5.74) is 10.1. The maximum absolute atomic E-state index is 10.5. The number of methoxy groups -OCH3 is 1. The third kappa shape index (κ3) is 14.0. The van der Waals surface area contributed by atoms with Crippen molar-refractivity contribution in [1.29, 1.82) is 0 Å². The summed E-state index contributed by atoms with van der Waals surface area (Å²) in [5, 5.41) is 24.6. The lowest BCUT2D eigenvalue weighted by Crippen LogP contribution is -2.30. The highest BCUT2D eigenvalue weighted by molar-refractivity contribution is 5.75. The molecule has 0 radical (unpaired) electrons. The first-order chi connectivity index (χ1) is 9.61. The fourth-order valence-corrected chi connectivity index (χ4v) is 0.901. The van der Waals surface area contributed by atoms with E-state index in [0.29, 0.717) is 0 Å². The molecule has 7 N–H and O–H groups in total. The molecule has 0 fully saturated rings. The van der Waals surface area contributed by atoms with Gasteiger partial charge in [-0.25, -0.2) is 0 Å². The standard InChI is InChI=1S/C6H11NO4.C5H9NO4/c1-11-5(8)3-2-4(7)6(9)10;6-3(5(9)10)1-2-4(7)8/h4H,2-3,7H2,1H3,(H,9,10);3H,1-2,6H2,(H,7,8)(H,9,10)/t4-;3-/m00/s1. The van der Waals surface area contributed by atoms with Crippen LogP contribution in [0.5, 0.6) is 0 Å². The predicted octanol–water partition coefficient (Wildman–Crippen LogP) is -1.39. The highest BCUT2D eigenvalue weighted by atomic mass is 16.5. The van der Waals surface area contributed by atoms with Gasteiger partial charge in [0.15, 0.2) is 0 Å². The minimum Gasteiger partial charge on any atom is -0.481 e. The fourth-order valence-electron chi connectivity index (χ4n) is 0.901. The number of esters is 1. The summed E-state index contributed by atoms with van der Waals surface area (Å²) in [6.07, 6.45) is -0.0654. The van der Waals surface area contributed by atoms with Crippen molar-refractivity contribution in [3.05, 3.63) is 0 Å². The van der Waals surface area contributed by atoms with Gasteiger partial charge in [-0.3, -0.25) is 19.2 Å². The van der Waals surface area contributed by atoms with Crippen LogP contribution in [0.15, 0.2) is 0 Å². The summed E-state index contributed by atoms with van der Waals surface area (Å²) >= 11 is 0. The highest BCUT2D eigenvalue weighted by Crippen LogP contribution is 1.95. The van der Waals surface area contributed by atoms with Crippen molar-refractivity contribution in [2.45, 2.75) is 37.8 Å². The molecule has 0 aliphatic heterocycles. The number of carboxylic acid groups (broad SMARTS) is 3. The number of nitrogens with two attached hydrogens (primary N) is 2. The van der Waals surface area contributed by atoms with Crippen LogP contribution in [0.1, 0.15) is 25.7 Å². The van der Waals surface area contributed by atoms with E-state index in [9.17, 15) is 19.2 Å². The smallest absolute Gasteiger partial charge is 0.320 e. The van der Waals surface area contributed by atoms with E-state index in [1.807, 2.05) is 0 Å². The molecule has 0 unspecified atom stereocenters. The van der Waals surface area contributed by atoms with E-state index in [0.717, 1.165) is 0 Å². The van der Waals surface area contributed by atoms with Gasteiger partial charge >= 0.3 is 23.9 Å². The molecule has 10 nitrogen and oxygen atoms in total. The van der Waals surface area contributed by atoms with Crippen LogP contribution in [0.4, 0.5) is 0 Å². The lowest BCUT2D eigenvalue weighted by Gasteiger charge is -2.03. The topological polar surface area (TPSA) is 190 Å². The Labute approximate surface area is 120 Å². The summed E-state index contributed by atoms with van der Waals surface area (Å²) in [7, 11) is 1.24. The van der Waals surface area contributed by atoms with Gasteiger partial charge in [0.25, 0.3) is 0 Å². The largest absolute Gasteiger partial charge is 0.481 e. The van der Waals surface area contributed by atoms with Crippen LogP contribution in [-0.4, -0.2) is 58.4 Å². The van der Waals surface area contributed by atoms with E-state index in [-0.39, 0.29) is 25.7 Å². The Morgan fingerprint density at radius 2 is 1.29 bits per heavy atom. The van der Waals surface area contributed by atoms with E-state index in [2.05, 4.69) is 4.74 Å². The quantitative estimate of drug-likeness (QED) is 0.334. The van der Waals surface area contributed by atoms with Crippen molar-refractivity contribution in [3.8, 4) is 0 Å². The number of ether oxygens (including phenoxy) is 1. The summed E-state index contributed by atoms with van der Waals surface area (Å²) in [4.78, 5) is 40.5. The van der Waals surface area contributed by atoms with Crippen LogP contribution in [0.3, 0.4) is 0 Å². The lowest BCUT2D eigenvalue weighted by molar-refractivity contribution is -0.143. The zero-order valence-corrected chi connectivity index (χ0v) is 11.5. The molecule has 2 atom stereocenters. The summed E-state index contributed by atoms with van der Waals surface area (Å²) in [6.45, 7) is 0. The SMILES string of the molecule is COC(=O)CC[C@H](N)C(=O)O.N[C@@H](CCC(=O)O)C(=O)O.